The van der Waals surface area contributed by atoms with Crippen molar-refractivity contribution in [3.05, 3.63) is 78.0 Å². The number of hydrogen-bond acceptors (Lipinski definition) is 7. The zero-order chi connectivity index (χ0) is 22.8. The molecule has 32 heavy (non-hydrogen) atoms. The Morgan fingerprint density at radius 1 is 0.969 bits per heavy atom. The fourth-order valence-corrected chi connectivity index (χ4v) is 3.76. The van der Waals surface area contributed by atoms with E-state index in [1.165, 1.54) is 11.8 Å². The first-order valence-corrected chi connectivity index (χ1v) is 10.7. The van der Waals surface area contributed by atoms with Crippen LogP contribution in [0, 0.1) is 0 Å². The van der Waals surface area contributed by atoms with Crippen molar-refractivity contribution in [2.24, 2.45) is 0 Å². The number of amides is 1. The Morgan fingerprint density at radius 3 is 2.50 bits per heavy atom. The molecule has 0 unspecified atom stereocenters. The lowest BCUT2D eigenvalue weighted by Gasteiger charge is -2.11. The van der Waals surface area contributed by atoms with Crippen molar-refractivity contribution in [1.82, 2.24) is 10.3 Å². The molecular weight excluding hydrogens is 428 g/mol. The molecule has 1 amide bonds. The number of benzene rings is 2. The summed E-state index contributed by atoms with van der Waals surface area (Å²) in [6.07, 6.45) is 2.21. The third-order valence-corrected chi connectivity index (χ3v) is 5.49. The van der Waals surface area contributed by atoms with Crippen LogP contribution in [0.25, 0.3) is 0 Å². The van der Waals surface area contributed by atoms with Crippen molar-refractivity contribution in [2.45, 2.75) is 16.3 Å². The van der Waals surface area contributed by atoms with E-state index >= 15 is 0 Å². The number of carbonyl (C=O) groups excluding carboxylic acids is 2. The summed E-state index contributed by atoms with van der Waals surface area (Å²) in [5.74, 6) is 0.310. The summed E-state index contributed by atoms with van der Waals surface area (Å²) in [7, 11) is 3.15. The average molecular weight is 453 g/mol. The van der Waals surface area contributed by atoms with E-state index < -0.39 is 5.97 Å². The van der Waals surface area contributed by atoms with E-state index in [9.17, 15) is 9.59 Å². The number of ether oxygens (including phenoxy) is 3. The highest BCUT2D eigenvalue weighted by atomic mass is 32.2. The molecular formula is C24H24N2O5S. The third kappa shape index (κ3) is 6.49. The molecule has 3 aromatic rings. The second-order valence-electron chi connectivity index (χ2n) is 6.64. The van der Waals surface area contributed by atoms with Crippen LogP contribution in [0.2, 0.25) is 0 Å². The van der Waals surface area contributed by atoms with Gasteiger partial charge in [0.05, 0.1) is 19.8 Å². The maximum absolute atomic E-state index is 12.5. The highest BCUT2D eigenvalue weighted by molar-refractivity contribution is 7.99. The summed E-state index contributed by atoms with van der Waals surface area (Å²) in [6.45, 7) is 0.0307. The van der Waals surface area contributed by atoms with Crippen molar-refractivity contribution < 1.29 is 23.8 Å². The van der Waals surface area contributed by atoms with E-state index in [4.69, 9.17) is 14.2 Å². The second kappa shape index (κ2) is 11.8. The quantitative estimate of drug-likeness (QED) is 0.469. The summed E-state index contributed by atoms with van der Waals surface area (Å²) in [6, 6.07) is 18.5. The molecule has 1 heterocycles. The fraction of sp³-hybridized carbons (Fsp3) is 0.208. The van der Waals surface area contributed by atoms with Gasteiger partial charge in [0.2, 0.25) is 0 Å². The van der Waals surface area contributed by atoms with Gasteiger partial charge < -0.3 is 19.5 Å². The first-order valence-electron chi connectivity index (χ1n) is 9.93. The number of methoxy groups -OCH3 is 2. The zero-order valence-corrected chi connectivity index (χ0v) is 18.7. The number of rotatable bonds is 10. The number of aromatic nitrogens is 1. The molecule has 1 N–H and O–H groups in total. The van der Waals surface area contributed by atoms with Crippen LogP contribution in [0.5, 0.6) is 11.5 Å². The molecule has 0 saturated carbocycles. The van der Waals surface area contributed by atoms with Crippen molar-refractivity contribution in [3.63, 3.8) is 0 Å². The van der Waals surface area contributed by atoms with E-state index in [2.05, 4.69) is 10.3 Å². The Labute approximate surface area is 191 Å². The van der Waals surface area contributed by atoms with E-state index in [0.29, 0.717) is 35.1 Å². The van der Waals surface area contributed by atoms with Gasteiger partial charge in [-0.3, -0.25) is 4.79 Å². The van der Waals surface area contributed by atoms with Crippen molar-refractivity contribution >= 4 is 23.6 Å². The molecule has 1 aromatic heterocycles. The summed E-state index contributed by atoms with van der Waals surface area (Å²) in [4.78, 5) is 29.8. The monoisotopic (exact) mass is 452 g/mol. The summed E-state index contributed by atoms with van der Waals surface area (Å²) in [5, 5.41) is 3.27. The molecule has 7 nitrogen and oxygen atoms in total. The molecule has 0 aliphatic heterocycles. The van der Waals surface area contributed by atoms with Crippen LogP contribution in [0.4, 0.5) is 0 Å². The zero-order valence-electron chi connectivity index (χ0n) is 17.9. The van der Waals surface area contributed by atoms with Gasteiger partial charge in [0, 0.05) is 17.6 Å². The van der Waals surface area contributed by atoms with Crippen molar-refractivity contribution in [2.75, 3.05) is 27.4 Å². The standard InChI is InChI=1S/C24H24N2O5S/c1-29-20-11-10-17(15-21(20)30-2)12-14-25-22(27)16-31-24(28)19-9-6-13-26-23(19)32-18-7-4-3-5-8-18/h3-11,13,15H,12,14,16H2,1-2H3,(H,25,27). The van der Waals surface area contributed by atoms with Crippen LogP contribution in [-0.2, 0) is 16.0 Å². The topological polar surface area (TPSA) is 86.8 Å². The van der Waals surface area contributed by atoms with E-state index in [0.717, 1.165) is 10.5 Å². The minimum atomic E-state index is -0.591. The number of nitrogens with one attached hydrogen (secondary N) is 1. The van der Waals surface area contributed by atoms with Crippen LogP contribution < -0.4 is 14.8 Å². The Kier molecular flexibility index (Phi) is 8.51. The second-order valence-corrected chi connectivity index (χ2v) is 7.70. The third-order valence-electron chi connectivity index (χ3n) is 4.47. The van der Waals surface area contributed by atoms with Crippen molar-refractivity contribution in [3.8, 4) is 11.5 Å². The smallest absolute Gasteiger partial charge is 0.341 e. The van der Waals surface area contributed by atoms with Gasteiger partial charge in [0.25, 0.3) is 5.91 Å². The SMILES string of the molecule is COc1ccc(CCNC(=O)COC(=O)c2cccnc2Sc2ccccc2)cc1OC. The molecule has 0 radical (unpaired) electrons. The number of esters is 1. The normalized spacial score (nSPS) is 10.3. The Hall–Kier alpha value is -3.52. The first-order chi connectivity index (χ1) is 15.6. The van der Waals surface area contributed by atoms with Gasteiger partial charge in [0.1, 0.15) is 5.03 Å². The maximum Gasteiger partial charge on any atom is 0.341 e. The molecule has 0 aliphatic rings. The Bertz CT molecular complexity index is 1060. The summed E-state index contributed by atoms with van der Waals surface area (Å²) >= 11 is 1.36. The number of carbonyl (C=O) groups is 2. The van der Waals surface area contributed by atoms with Crippen LogP contribution in [0.1, 0.15) is 15.9 Å². The van der Waals surface area contributed by atoms with Crippen LogP contribution >= 0.6 is 11.8 Å². The minimum absolute atomic E-state index is 0.319. The molecule has 0 atom stereocenters. The maximum atomic E-state index is 12.5. The molecule has 166 valence electrons. The Morgan fingerprint density at radius 2 is 1.75 bits per heavy atom. The summed E-state index contributed by atoms with van der Waals surface area (Å²) in [5.41, 5.74) is 1.30. The average Bonchev–Trinajstić information content (AvgIpc) is 2.83. The molecule has 0 bridgehead atoms. The largest absolute Gasteiger partial charge is 0.493 e. The van der Waals surface area contributed by atoms with E-state index in [-0.39, 0.29) is 12.5 Å². The number of pyridine rings is 1. The van der Waals surface area contributed by atoms with Gasteiger partial charge in [-0.05, 0) is 48.4 Å². The molecule has 0 aliphatic carbocycles. The molecule has 0 saturated heterocycles. The highest BCUT2D eigenvalue weighted by Crippen LogP contribution is 2.29. The van der Waals surface area contributed by atoms with Gasteiger partial charge in [-0.2, -0.15) is 0 Å². The number of nitrogens with zero attached hydrogens (tertiary/aromatic N) is 1. The van der Waals surface area contributed by atoms with Gasteiger partial charge in [-0.1, -0.05) is 36.0 Å². The van der Waals surface area contributed by atoms with E-state index in [1.54, 1.807) is 32.5 Å². The van der Waals surface area contributed by atoms with Gasteiger partial charge >= 0.3 is 5.97 Å². The Balaban J connectivity index is 1.49. The summed E-state index contributed by atoms with van der Waals surface area (Å²) < 4.78 is 15.7. The molecule has 0 fully saturated rings. The lowest BCUT2D eigenvalue weighted by molar-refractivity contribution is -0.124. The lowest BCUT2D eigenvalue weighted by atomic mass is 10.1. The number of hydrogen-bond donors (Lipinski definition) is 1. The predicted molar refractivity (Wildman–Crippen MR) is 121 cm³/mol. The van der Waals surface area contributed by atoms with Crippen LogP contribution in [-0.4, -0.2) is 44.2 Å². The highest BCUT2D eigenvalue weighted by Gasteiger charge is 2.16. The minimum Gasteiger partial charge on any atom is -0.493 e. The van der Waals surface area contributed by atoms with Crippen LogP contribution in [0.3, 0.4) is 0 Å². The molecule has 8 heteroatoms. The van der Waals surface area contributed by atoms with Gasteiger partial charge in [-0.25, -0.2) is 9.78 Å². The van der Waals surface area contributed by atoms with E-state index in [1.807, 2.05) is 48.5 Å². The van der Waals surface area contributed by atoms with Crippen LogP contribution in [0.15, 0.2) is 76.8 Å². The fourth-order valence-electron chi connectivity index (χ4n) is 2.87. The molecule has 3 rings (SSSR count). The van der Waals surface area contributed by atoms with Gasteiger partial charge in [-0.15, -0.1) is 0 Å². The lowest BCUT2D eigenvalue weighted by Crippen LogP contribution is -2.30. The first kappa shape index (κ1) is 23.1. The van der Waals surface area contributed by atoms with Crippen molar-refractivity contribution in [1.29, 1.82) is 0 Å². The predicted octanol–water partition coefficient (Wildman–Crippen LogP) is 3.77. The van der Waals surface area contributed by atoms with Gasteiger partial charge in [0.15, 0.2) is 18.1 Å². The molecule has 0 spiro atoms. The molecule has 2 aromatic carbocycles.